The summed E-state index contributed by atoms with van der Waals surface area (Å²) in [7, 11) is -1.28. The van der Waals surface area contributed by atoms with Crippen LogP contribution in [0.15, 0.2) is 94.4 Å². The van der Waals surface area contributed by atoms with Crippen LogP contribution in [0.3, 0.4) is 0 Å². The van der Waals surface area contributed by atoms with Gasteiger partial charge in [-0.2, -0.15) is 4.58 Å². The van der Waals surface area contributed by atoms with Gasteiger partial charge in [-0.3, -0.25) is 19.2 Å². The van der Waals surface area contributed by atoms with Crippen LogP contribution in [0.5, 0.6) is 0 Å². The summed E-state index contributed by atoms with van der Waals surface area (Å²) in [6, 6.07) is 9.72. The number of hydrogen-bond donors (Lipinski definition) is 1. The van der Waals surface area contributed by atoms with E-state index in [9.17, 15) is 36.9 Å². The number of amides is 3. The van der Waals surface area contributed by atoms with Crippen molar-refractivity contribution in [1.29, 1.82) is 0 Å². The molecule has 2 aromatic carbocycles. The number of allylic oxidation sites excluding steroid dienone is 8. The normalized spacial score (nSPS) is 18.0. The molecule has 1 saturated heterocycles. The monoisotopic (exact) mass is 920 g/mol. The van der Waals surface area contributed by atoms with Crippen LogP contribution in [-0.2, 0) is 64.0 Å². The lowest BCUT2D eigenvalue weighted by atomic mass is 9.81. The topological polar surface area (TPSA) is 201 Å². The number of nitrogens with one attached hydrogen (secondary N) is 1. The minimum absolute atomic E-state index is 0.0116. The van der Waals surface area contributed by atoms with Crippen molar-refractivity contribution in [2.45, 2.75) is 119 Å². The Morgan fingerprint density at radius 1 is 0.906 bits per heavy atom. The summed E-state index contributed by atoms with van der Waals surface area (Å²) in [5, 5.41) is 7.76. The average Bonchev–Trinajstić information content (AvgIpc) is 3.73. The standard InChI is InChI=1S/C46H56N4O12S2/c1-31(51)36(17-16-21-44(55)60-50-42(53)26-27-43(50)54)47-41(52)20-14-11-15-28-49-38-25-23-33(64(56,57)58)30-35(38)46(4,5)40(49)19-13-10-8-9-12-18-39-45(2,3)34-29-32(63-62-61-59-7)22-24-37(34)48(39)6/h8-10,12-13,18-19,22-25,29-30,36H,11,14-17,20-21,26-28H2,1-7H3,(H-,47,52,56,57,58). The van der Waals surface area contributed by atoms with Crippen LogP contribution in [0.4, 0.5) is 11.4 Å². The fourth-order valence-corrected chi connectivity index (χ4v) is 9.07. The van der Waals surface area contributed by atoms with E-state index in [1.807, 2.05) is 69.5 Å². The fourth-order valence-electron chi connectivity index (χ4n) is 8.12. The molecule has 1 fully saturated rings. The Morgan fingerprint density at radius 3 is 2.30 bits per heavy atom. The van der Waals surface area contributed by atoms with Crippen LogP contribution >= 0.6 is 12.0 Å². The second-order valence-electron chi connectivity index (χ2n) is 16.7. The van der Waals surface area contributed by atoms with E-state index < -0.39 is 39.4 Å². The molecule has 64 heavy (non-hydrogen) atoms. The molecule has 18 heteroatoms. The lowest BCUT2D eigenvalue weighted by Gasteiger charge is -2.27. The largest absolute Gasteiger partial charge is 0.744 e. The number of fused-ring (bicyclic) bond motifs is 2. The van der Waals surface area contributed by atoms with Crippen LogP contribution in [-0.4, -0.2) is 84.5 Å². The van der Waals surface area contributed by atoms with Gasteiger partial charge in [0.1, 0.15) is 17.2 Å². The Kier molecular flexibility index (Phi) is 16.8. The van der Waals surface area contributed by atoms with Crippen molar-refractivity contribution in [3.8, 4) is 0 Å². The van der Waals surface area contributed by atoms with Crippen molar-refractivity contribution < 1.29 is 60.6 Å². The van der Waals surface area contributed by atoms with Gasteiger partial charge < -0.3 is 19.6 Å². The molecule has 1 unspecified atom stereocenters. The van der Waals surface area contributed by atoms with E-state index in [0.717, 1.165) is 45.3 Å². The molecule has 3 aliphatic rings. The Bertz CT molecular complexity index is 2380. The zero-order valence-electron chi connectivity index (χ0n) is 37.2. The number of carbonyl (C=O) groups is 5. The van der Waals surface area contributed by atoms with Crippen molar-refractivity contribution in [3.63, 3.8) is 0 Å². The van der Waals surface area contributed by atoms with Crippen LogP contribution in [0, 0.1) is 0 Å². The molecule has 1 atom stereocenters. The number of rotatable bonds is 22. The molecular weight excluding hydrogens is 865 g/mol. The SMILES string of the molecule is COOOSc1ccc2c(c1)C(C)(C)C(/C=C/C=C/C=C/C=C1\N(CCCCCC(=O)NC(CCCC(=O)ON3C(=O)CCC3=O)C(C)=O)c3ccc(S(=O)(=O)[O-])cc3C1(C)C)=[N+]2C. The second-order valence-corrected chi connectivity index (χ2v) is 18.9. The van der Waals surface area contributed by atoms with Crippen LogP contribution in [0.25, 0.3) is 0 Å². The van der Waals surface area contributed by atoms with Crippen molar-refractivity contribution in [2.75, 3.05) is 25.6 Å². The molecule has 3 aliphatic heterocycles. The molecule has 0 aliphatic carbocycles. The molecule has 5 rings (SSSR count). The maximum atomic E-state index is 12.8. The first kappa shape index (κ1) is 49.8. The third-order valence-electron chi connectivity index (χ3n) is 11.5. The van der Waals surface area contributed by atoms with Gasteiger partial charge in [0.05, 0.1) is 35.5 Å². The summed E-state index contributed by atoms with van der Waals surface area (Å²) >= 11 is 1.06. The highest BCUT2D eigenvalue weighted by molar-refractivity contribution is 7.94. The van der Waals surface area contributed by atoms with E-state index in [-0.39, 0.29) is 60.5 Å². The molecule has 3 amide bonds. The van der Waals surface area contributed by atoms with Gasteiger partial charge in [0, 0.05) is 71.6 Å². The molecule has 0 saturated carbocycles. The summed E-state index contributed by atoms with van der Waals surface area (Å²) < 4.78 is 43.1. The van der Waals surface area contributed by atoms with Crippen LogP contribution in [0.2, 0.25) is 0 Å². The van der Waals surface area contributed by atoms with Gasteiger partial charge >= 0.3 is 5.97 Å². The summed E-state index contributed by atoms with van der Waals surface area (Å²) in [5.41, 5.74) is 4.85. The van der Waals surface area contributed by atoms with Crippen LogP contribution in [0.1, 0.15) is 104 Å². The number of nitrogens with zero attached hydrogens (tertiary/aromatic N) is 3. The minimum atomic E-state index is -4.68. The van der Waals surface area contributed by atoms with E-state index in [2.05, 4.69) is 50.7 Å². The van der Waals surface area contributed by atoms with Gasteiger partial charge in [-0.15, -0.1) is 9.40 Å². The van der Waals surface area contributed by atoms with E-state index in [1.165, 1.54) is 26.2 Å². The molecular formula is C46H56N4O12S2. The Hall–Kier alpha value is -5.24. The zero-order valence-corrected chi connectivity index (χ0v) is 38.8. The smallest absolute Gasteiger partial charge is 0.333 e. The molecule has 2 aromatic rings. The van der Waals surface area contributed by atoms with E-state index in [0.29, 0.717) is 36.4 Å². The summed E-state index contributed by atoms with van der Waals surface area (Å²) in [6.45, 7) is 10.2. The van der Waals surface area contributed by atoms with Gasteiger partial charge in [0.15, 0.2) is 11.5 Å². The number of Topliss-reactive ketones (excluding diaryl/α,β-unsaturated/α-hetero) is 1. The Labute approximate surface area is 378 Å². The first-order valence-corrected chi connectivity index (χ1v) is 23.2. The lowest BCUT2D eigenvalue weighted by molar-refractivity contribution is -0.447. The first-order chi connectivity index (χ1) is 30.3. The second kappa shape index (κ2) is 21.6. The minimum Gasteiger partial charge on any atom is -0.744 e. The molecule has 16 nitrogen and oxygen atoms in total. The van der Waals surface area contributed by atoms with E-state index >= 15 is 0 Å². The molecule has 1 N–H and O–H groups in total. The molecule has 344 valence electrons. The highest BCUT2D eigenvalue weighted by Gasteiger charge is 2.43. The number of anilines is 1. The molecule has 0 aromatic heterocycles. The van der Waals surface area contributed by atoms with Crippen molar-refractivity contribution in [2.24, 2.45) is 0 Å². The van der Waals surface area contributed by atoms with Crippen molar-refractivity contribution >= 4 is 68.7 Å². The van der Waals surface area contributed by atoms with Gasteiger partial charge in [-0.05, 0) is 88.4 Å². The van der Waals surface area contributed by atoms with Crippen molar-refractivity contribution in [1.82, 2.24) is 10.4 Å². The summed E-state index contributed by atoms with van der Waals surface area (Å²) in [6.07, 6.45) is 16.0. The molecule has 0 spiro atoms. The maximum absolute atomic E-state index is 12.8. The zero-order chi connectivity index (χ0) is 46.8. The number of hydroxylamine groups is 2. The molecule has 0 radical (unpaired) electrons. The van der Waals surface area contributed by atoms with Gasteiger partial charge in [-0.1, -0.05) is 55.7 Å². The highest BCUT2D eigenvalue weighted by atomic mass is 32.2. The number of ketones is 1. The Balaban J connectivity index is 1.17. The maximum Gasteiger partial charge on any atom is 0.333 e. The van der Waals surface area contributed by atoms with Gasteiger partial charge in [0.2, 0.25) is 11.6 Å². The molecule has 0 bridgehead atoms. The number of imide groups is 1. The molecule has 3 heterocycles. The average molecular weight is 921 g/mol. The Morgan fingerprint density at radius 2 is 1.61 bits per heavy atom. The summed E-state index contributed by atoms with van der Waals surface area (Å²) in [5.74, 6) is -2.50. The van der Waals surface area contributed by atoms with E-state index in [4.69, 9.17) is 9.17 Å². The third-order valence-corrected chi connectivity index (χ3v) is 12.9. The van der Waals surface area contributed by atoms with Gasteiger partial charge in [0.25, 0.3) is 11.8 Å². The number of carbonyl (C=O) groups excluding carboxylic acids is 5. The predicted octanol–water partition coefficient (Wildman–Crippen LogP) is 6.88. The fraction of sp³-hybridized carbons (Fsp3) is 0.435. The van der Waals surface area contributed by atoms with Crippen molar-refractivity contribution in [3.05, 3.63) is 95.8 Å². The van der Waals surface area contributed by atoms with Crippen LogP contribution < -0.4 is 10.2 Å². The quantitative estimate of drug-likeness (QED) is 0.0187. The highest BCUT2D eigenvalue weighted by Crippen LogP contribution is 2.48. The number of benzene rings is 2. The first-order valence-electron chi connectivity index (χ1n) is 21.0. The number of unbranched alkanes of at least 4 members (excludes halogenated alkanes) is 2. The summed E-state index contributed by atoms with van der Waals surface area (Å²) in [4.78, 5) is 72.8. The lowest BCUT2D eigenvalue weighted by Crippen LogP contribution is -2.39. The number of hydrogen-bond acceptors (Lipinski definition) is 14. The third kappa shape index (κ3) is 12.1. The van der Waals surface area contributed by atoms with Gasteiger partial charge in [-0.25, -0.2) is 18.1 Å². The van der Waals surface area contributed by atoms with E-state index in [1.54, 1.807) is 6.07 Å². The predicted molar refractivity (Wildman–Crippen MR) is 238 cm³/mol.